The van der Waals surface area contributed by atoms with Crippen LogP contribution in [-0.4, -0.2) is 67.7 Å². The zero-order valence-corrected chi connectivity index (χ0v) is 14.4. The van der Waals surface area contributed by atoms with Crippen molar-refractivity contribution in [1.82, 2.24) is 0 Å². The Kier molecular flexibility index (Phi) is 7.52. The molecule has 5 nitrogen and oxygen atoms in total. The average Bonchev–Trinajstić information content (AvgIpc) is 2.50. The van der Waals surface area contributed by atoms with Crippen LogP contribution >= 0.6 is 0 Å². The van der Waals surface area contributed by atoms with Crippen molar-refractivity contribution in [3.63, 3.8) is 0 Å². The highest BCUT2D eigenvalue weighted by atomic mass is 32.2. The molecule has 0 aromatic carbocycles. The lowest BCUT2D eigenvalue weighted by molar-refractivity contribution is -0.506. The largest absolute Gasteiger partial charge is 0.523 e. The molecule has 0 bridgehead atoms. The Balaban J connectivity index is 6.45. The fraction of sp³-hybridized carbons (Fsp3) is 1.00. The van der Waals surface area contributed by atoms with Gasteiger partial charge in [0, 0.05) is 0 Å². The van der Waals surface area contributed by atoms with E-state index in [-0.39, 0.29) is 0 Å². The molecule has 23 heteroatoms. The van der Waals surface area contributed by atoms with Gasteiger partial charge in [0.05, 0.1) is 0 Å². The van der Waals surface area contributed by atoms with Gasteiger partial charge in [0.1, 0.15) is 0 Å². The monoisotopic (exact) mass is 546 g/mol. The highest BCUT2D eigenvalue weighted by Crippen LogP contribution is 2.60. The molecule has 0 aliphatic rings. The van der Waals surface area contributed by atoms with Crippen LogP contribution in [0.4, 0.5) is 74.6 Å². The van der Waals surface area contributed by atoms with Gasteiger partial charge in [-0.2, -0.15) is 82.8 Å². The standard InChI is InChI=1S/C9H3F17O5S/c10-1-2(27,31-32(28,29)9(24,25)26)30-8(22,23)6(17,18)4(13,14)3(11,12)5(15,16)7(19,20)21/h27H,1H2. The van der Waals surface area contributed by atoms with Crippen molar-refractivity contribution in [3.05, 3.63) is 0 Å². The van der Waals surface area contributed by atoms with E-state index >= 15 is 0 Å². The molecule has 0 aliphatic heterocycles. The van der Waals surface area contributed by atoms with Crippen LogP contribution in [0.25, 0.3) is 0 Å². The number of halogens is 17. The van der Waals surface area contributed by atoms with E-state index in [1.54, 1.807) is 0 Å². The number of hydrogen-bond donors (Lipinski definition) is 1. The number of hydrogen-bond acceptors (Lipinski definition) is 5. The van der Waals surface area contributed by atoms with E-state index in [2.05, 4.69) is 4.18 Å². The predicted octanol–water partition coefficient (Wildman–Crippen LogP) is 4.18. The van der Waals surface area contributed by atoms with E-state index in [0.717, 1.165) is 0 Å². The highest BCUT2D eigenvalue weighted by Gasteiger charge is 2.91. The van der Waals surface area contributed by atoms with Crippen LogP contribution in [0.2, 0.25) is 0 Å². The molecule has 1 N–H and O–H groups in total. The van der Waals surface area contributed by atoms with Crippen LogP contribution in [0.5, 0.6) is 0 Å². The molecular formula is C9H3F17O5S. The molecule has 0 aliphatic carbocycles. The van der Waals surface area contributed by atoms with Crippen LogP contribution in [0.1, 0.15) is 0 Å². The molecule has 0 aromatic rings. The first-order chi connectivity index (χ1) is 13.5. The third kappa shape index (κ3) is 4.78. The van der Waals surface area contributed by atoms with Gasteiger partial charge >= 0.3 is 57.6 Å². The average molecular weight is 546 g/mol. The summed E-state index contributed by atoms with van der Waals surface area (Å²) >= 11 is 0. The lowest BCUT2D eigenvalue weighted by atomic mass is 9.97. The maximum Gasteiger partial charge on any atom is 0.523 e. The summed E-state index contributed by atoms with van der Waals surface area (Å²) in [6.07, 6.45) is -15.6. The first-order valence-electron chi connectivity index (χ1n) is 6.43. The van der Waals surface area contributed by atoms with Crippen molar-refractivity contribution < 1.29 is 97.1 Å². The lowest BCUT2D eigenvalue weighted by Gasteiger charge is -2.40. The van der Waals surface area contributed by atoms with Crippen molar-refractivity contribution in [3.8, 4) is 0 Å². The van der Waals surface area contributed by atoms with Gasteiger partial charge in [-0.25, -0.2) is 4.39 Å². The van der Waals surface area contributed by atoms with E-state index < -0.39 is 64.2 Å². The van der Waals surface area contributed by atoms with E-state index in [9.17, 15) is 83.1 Å². The molecule has 0 saturated carbocycles. The molecule has 0 saturated heterocycles. The quantitative estimate of drug-likeness (QED) is 0.204. The van der Waals surface area contributed by atoms with Gasteiger partial charge < -0.3 is 5.11 Å². The summed E-state index contributed by atoms with van der Waals surface area (Å²) < 4.78 is 240. The number of rotatable bonds is 9. The third-order valence-corrected chi connectivity index (χ3v) is 3.93. The van der Waals surface area contributed by atoms with Crippen LogP contribution in [0.15, 0.2) is 0 Å². The molecule has 194 valence electrons. The molecule has 1 atom stereocenters. The molecule has 1 unspecified atom stereocenters. The fourth-order valence-corrected chi connectivity index (χ4v) is 1.82. The second-order valence-corrected chi connectivity index (χ2v) is 6.78. The summed E-state index contributed by atoms with van der Waals surface area (Å²) in [6.45, 7) is -3.60. The van der Waals surface area contributed by atoms with Gasteiger partial charge in [-0.15, -0.1) is 0 Å². The van der Waals surface area contributed by atoms with Gasteiger partial charge in [0.2, 0.25) is 0 Å². The van der Waals surface area contributed by atoms with Gasteiger partial charge in [-0.05, 0) is 0 Å². The predicted molar refractivity (Wildman–Crippen MR) is 58.9 cm³/mol. The van der Waals surface area contributed by atoms with Crippen LogP contribution in [0, 0.1) is 0 Å². The maximum absolute atomic E-state index is 13.3. The summed E-state index contributed by atoms with van der Waals surface area (Å²) in [5.41, 5.74) is -6.77. The molecule has 0 amide bonds. The molecule has 32 heavy (non-hydrogen) atoms. The maximum atomic E-state index is 13.3. The van der Waals surface area contributed by atoms with Crippen molar-refractivity contribution in [2.45, 2.75) is 47.5 Å². The third-order valence-electron chi connectivity index (χ3n) is 2.88. The topological polar surface area (TPSA) is 72.8 Å². The molecule has 0 heterocycles. The Morgan fingerprint density at radius 2 is 0.969 bits per heavy atom. The fourth-order valence-electron chi connectivity index (χ4n) is 1.30. The van der Waals surface area contributed by atoms with Crippen molar-refractivity contribution >= 4 is 10.1 Å². The zero-order valence-electron chi connectivity index (χ0n) is 13.6. The van der Waals surface area contributed by atoms with Crippen molar-refractivity contribution in [1.29, 1.82) is 0 Å². The number of ether oxygens (including phenoxy) is 1. The SMILES string of the molecule is O=S(=O)(OC(O)(CF)OC(F)(F)C(F)(F)C(F)(F)C(F)(F)C(F)(F)C(F)(F)F)C(F)(F)F. The molecule has 0 aromatic heterocycles. The minimum absolute atomic E-state index is 1.91. The van der Waals surface area contributed by atoms with E-state index in [0.29, 0.717) is 0 Å². The molecule has 0 spiro atoms. The Bertz CT molecular complexity index is 783. The molecular weight excluding hydrogens is 543 g/mol. The zero-order chi connectivity index (χ0) is 26.6. The Morgan fingerprint density at radius 1 is 0.625 bits per heavy atom. The first-order valence-corrected chi connectivity index (χ1v) is 7.84. The Morgan fingerprint density at radius 3 is 1.25 bits per heavy atom. The van der Waals surface area contributed by atoms with Gasteiger partial charge in [0.25, 0.3) is 0 Å². The number of alkyl halides is 17. The van der Waals surface area contributed by atoms with Gasteiger partial charge in [-0.1, -0.05) is 0 Å². The minimum atomic E-state index is -8.53. The second kappa shape index (κ2) is 7.85. The van der Waals surface area contributed by atoms with E-state index in [1.807, 2.05) is 4.74 Å². The van der Waals surface area contributed by atoms with Crippen LogP contribution in [-0.2, 0) is 19.0 Å². The number of aliphatic hydroxyl groups is 1. The molecule has 0 rings (SSSR count). The van der Waals surface area contributed by atoms with Crippen LogP contribution < -0.4 is 0 Å². The van der Waals surface area contributed by atoms with Gasteiger partial charge in [-0.3, -0.25) is 4.74 Å². The minimum Gasteiger partial charge on any atom is -0.340 e. The smallest absolute Gasteiger partial charge is 0.340 e. The molecule has 0 fully saturated rings. The Hall–Kier alpha value is -1.36. The highest BCUT2D eigenvalue weighted by molar-refractivity contribution is 7.87. The van der Waals surface area contributed by atoms with Gasteiger partial charge in [0.15, 0.2) is 6.67 Å². The van der Waals surface area contributed by atoms with E-state index in [1.165, 1.54) is 0 Å². The van der Waals surface area contributed by atoms with Crippen molar-refractivity contribution in [2.75, 3.05) is 6.67 Å². The lowest BCUT2D eigenvalue weighted by Crippen LogP contribution is -2.71. The van der Waals surface area contributed by atoms with Crippen molar-refractivity contribution in [2.24, 2.45) is 0 Å². The van der Waals surface area contributed by atoms with E-state index in [4.69, 9.17) is 5.11 Å². The summed E-state index contributed by atoms with van der Waals surface area (Å²) in [5, 5.41) is 8.70. The summed E-state index contributed by atoms with van der Waals surface area (Å²) in [7, 11) is -7.49. The first kappa shape index (κ1) is 30.6. The Labute approximate surface area is 162 Å². The summed E-state index contributed by atoms with van der Waals surface area (Å²) in [6, 6.07) is 0. The van der Waals surface area contributed by atoms with Crippen LogP contribution in [0.3, 0.4) is 0 Å². The summed E-state index contributed by atoms with van der Waals surface area (Å²) in [4.78, 5) is 0. The molecule has 0 radical (unpaired) electrons. The second-order valence-electron chi connectivity index (χ2n) is 5.24. The normalized spacial score (nSPS) is 17.9. The summed E-state index contributed by atoms with van der Waals surface area (Å²) in [5.74, 6) is -39.4.